The molecule has 0 radical (unpaired) electrons. The van der Waals surface area contributed by atoms with E-state index in [2.05, 4.69) is 15.3 Å². The predicted molar refractivity (Wildman–Crippen MR) is 107 cm³/mol. The Balaban J connectivity index is 1.96. The average Bonchev–Trinajstić information content (AvgIpc) is 3.07. The summed E-state index contributed by atoms with van der Waals surface area (Å²) in [6, 6.07) is 13.1. The van der Waals surface area contributed by atoms with Crippen LogP contribution in [0.2, 0.25) is 0 Å². The molecular weight excluding hydrogens is 364 g/mol. The second-order valence-corrected chi connectivity index (χ2v) is 5.86. The van der Waals surface area contributed by atoms with Gasteiger partial charge in [-0.05, 0) is 61.6 Å². The molecule has 140 valence electrons. The van der Waals surface area contributed by atoms with E-state index in [-0.39, 0.29) is 0 Å². The molecular formula is C19H20N4O3S. The van der Waals surface area contributed by atoms with Gasteiger partial charge in [-0.15, -0.1) is 0 Å². The maximum atomic E-state index is 5.47. The molecule has 1 heterocycles. The number of aromatic nitrogens is 3. The molecule has 0 saturated carbocycles. The van der Waals surface area contributed by atoms with E-state index >= 15 is 0 Å². The highest BCUT2D eigenvalue weighted by atomic mass is 32.1. The van der Waals surface area contributed by atoms with Gasteiger partial charge in [0.15, 0.2) is 5.82 Å². The fourth-order valence-electron chi connectivity index (χ4n) is 2.51. The van der Waals surface area contributed by atoms with Crippen molar-refractivity contribution < 1.29 is 14.2 Å². The number of aromatic amines is 1. The van der Waals surface area contributed by atoms with Gasteiger partial charge < -0.3 is 14.2 Å². The first-order chi connectivity index (χ1) is 13.2. The third-order valence-electron chi connectivity index (χ3n) is 3.82. The molecule has 0 atom stereocenters. The molecule has 27 heavy (non-hydrogen) atoms. The quantitative estimate of drug-likeness (QED) is 0.494. The first-order valence-corrected chi connectivity index (χ1v) is 8.74. The van der Waals surface area contributed by atoms with Gasteiger partial charge in [0.1, 0.15) is 17.2 Å². The van der Waals surface area contributed by atoms with Crippen LogP contribution in [0, 0.1) is 4.77 Å². The summed E-state index contributed by atoms with van der Waals surface area (Å²) in [5, 5.41) is 11.5. The minimum absolute atomic E-state index is 0.386. The summed E-state index contributed by atoms with van der Waals surface area (Å²) >= 11 is 5.32. The lowest BCUT2D eigenvalue weighted by molar-refractivity contribution is 0.340. The van der Waals surface area contributed by atoms with Crippen LogP contribution in [0.15, 0.2) is 47.6 Å². The summed E-state index contributed by atoms with van der Waals surface area (Å²) < 4.78 is 18.1. The maximum absolute atomic E-state index is 5.47. The van der Waals surface area contributed by atoms with Crippen molar-refractivity contribution in [2.45, 2.75) is 6.92 Å². The Morgan fingerprint density at radius 3 is 2.52 bits per heavy atom. The van der Waals surface area contributed by atoms with Crippen LogP contribution in [-0.2, 0) is 0 Å². The summed E-state index contributed by atoms with van der Waals surface area (Å²) in [7, 11) is 3.22. The molecule has 0 fully saturated rings. The van der Waals surface area contributed by atoms with Crippen molar-refractivity contribution in [3.05, 3.63) is 52.8 Å². The van der Waals surface area contributed by atoms with E-state index in [0.29, 0.717) is 28.7 Å². The second kappa shape index (κ2) is 8.50. The Labute approximate surface area is 162 Å². The van der Waals surface area contributed by atoms with Crippen molar-refractivity contribution in [2.75, 3.05) is 20.8 Å². The largest absolute Gasteiger partial charge is 0.497 e. The number of nitrogens with one attached hydrogen (secondary N) is 1. The van der Waals surface area contributed by atoms with E-state index in [1.54, 1.807) is 25.1 Å². The van der Waals surface area contributed by atoms with Crippen LogP contribution in [-0.4, -0.2) is 41.9 Å². The average molecular weight is 384 g/mol. The molecule has 1 N–H and O–H groups in total. The van der Waals surface area contributed by atoms with Crippen molar-refractivity contribution >= 4 is 18.4 Å². The number of H-pyrrole nitrogens is 1. The summed E-state index contributed by atoms with van der Waals surface area (Å²) in [5.74, 6) is 2.78. The van der Waals surface area contributed by atoms with Gasteiger partial charge >= 0.3 is 0 Å². The first kappa shape index (κ1) is 18.7. The molecule has 0 aliphatic heterocycles. The van der Waals surface area contributed by atoms with Crippen molar-refractivity contribution in [1.82, 2.24) is 14.9 Å². The molecule has 0 bridgehead atoms. The minimum Gasteiger partial charge on any atom is -0.497 e. The van der Waals surface area contributed by atoms with E-state index in [9.17, 15) is 0 Å². The van der Waals surface area contributed by atoms with Gasteiger partial charge in [0.2, 0.25) is 4.77 Å². The monoisotopic (exact) mass is 384 g/mol. The number of rotatable bonds is 7. The Kier molecular flexibility index (Phi) is 5.87. The third kappa shape index (κ3) is 4.17. The van der Waals surface area contributed by atoms with Gasteiger partial charge in [-0.25, -0.2) is 5.10 Å². The first-order valence-electron chi connectivity index (χ1n) is 8.33. The van der Waals surface area contributed by atoms with Crippen LogP contribution in [0.25, 0.3) is 11.4 Å². The molecule has 0 saturated heterocycles. The van der Waals surface area contributed by atoms with Gasteiger partial charge in [0, 0.05) is 11.1 Å². The molecule has 3 rings (SSSR count). The number of benzene rings is 2. The highest BCUT2D eigenvalue weighted by Gasteiger charge is 2.09. The van der Waals surface area contributed by atoms with Gasteiger partial charge in [-0.2, -0.15) is 14.9 Å². The number of methoxy groups -OCH3 is 2. The Morgan fingerprint density at radius 1 is 1.11 bits per heavy atom. The molecule has 2 aromatic carbocycles. The zero-order chi connectivity index (χ0) is 19.2. The van der Waals surface area contributed by atoms with Gasteiger partial charge in [0.05, 0.1) is 27.0 Å². The van der Waals surface area contributed by atoms with Crippen molar-refractivity contribution in [3.8, 4) is 28.6 Å². The van der Waals surface area contributed by atoms with Crippen LogP contribution in [0.4, 0.5) is 0 Å². The van der Waals surface area contributed by atoms with Crippen LogP contribution < -0.4 is 14.2 Å². The predicted octanol–water partition coefficient (Wildman–Crippen LogP) is 3.91. The van der Waals surface area contributed by atoms with Crippen molar-refractivity contribution in [3.63, 3.8) is 0 Å². The number of hydrogen-bond acceptors (Lipinski definition) is 6. The van der Waals surface area contributed by atoms with Crippen LogP contribution in [0.5, 0.6) is 17.2 Å². The molecule has 7 nitrogen and oxygen atoms in total. The molecule has 0 amide bonds. The molecule has 0 unspecified atom stereocenters. The summed E-state index contributed by atoms with van der Waals surface area (Å²) in [4.78, 5) is 0. The van der Waals surface area contributed by atoms with E-state index < -0.39 is 0 Å². The van der Waals surface area contributed by atoms with Crippen molar-refractivity contribution in [2.24, 2.45) is 5.10 Å². The summed E-state index contributed by atoms with van der Waals surface area (Å²) in [6.07, 6.45) is 1.66. The SMILES string of the molecule is CCOc1ccc(-c2n[nH]c(=S)n2N=Cc2cc(OC)ccc2OC)cc1. The molecule has 0 aliphatic rings. The van der Waals surface area contributed by atoms with E-state index in [1.165, 1.54) is 0 Å². The van der Waals surface area contributed by atoms with Crippen LogP contribution in [0.3, 0.4) is 0 Å². The minimum atomic E-state index is 0.386. The number of nitrogens with zero attached hydrogens (tertiary/aromatic N) is 3. The summed E-state index contributed by atoms with van der Waals surface area (Å²) in [6.45, 7) is 2.56. The lowest BCUT2D eigenvalue weighted by Crippen LogP contribution is -1.97. The van der Waals surface area contributed by atoms with Gasteiger partial charge in [0.25, 0.3) is 0 Å². The fourth-order valence-corrected chi connectivity index (χ4v) is 2.69. The third-order valence-corrected chi connectivity index (χ3v) is 4.09. The molecule has 0 aliphatic carbocycles. The molecule has 0 spiro atoms. The highest BCUT2D eigenvalue weighted by molar-refractivity contribution is 7.71. The fraction of sp³-hybridized carbons (Fsp3) is 0.211. The maximum Gasteiger partial charge on any atom is 0.216 e. The van der Waals surface area contributed by atoms with E-state index in [4.69, 9.17) is 26.4 Å². The standard InChI is InChI=1S/C19H20N4O3S/c1-4-26-15-7-5-13(6-8-15)18-21-22-19(27)23(18)20-12-14-11-16(24-2)9-10-17(14)25-3/h5-12H,4H2,1-3H3,(H,22,27). The van der Waals surface area contributed by atoms with Gasteiger partial charge in [-0.3, -0.25) is 0 Å². The normalized spacial score (nSPS) is 10.9. The Morgan fingerprint density at radius 2 is 1.85 bits per heavy atom. The smallest absolute Gasteiger partial charge is 0.216 e. The van der Waals surface area contributed by atoms with Crippen molar-refractivity contribution in [1.29, 1.82) is 0 Å². The zero-order valence-electron chi connectivity index (χ0n) is 15.3. The van der Waals surface area contributed by atoms with Gasteiger partial charge in [-0.1, -0.05) is 0 Å². The topological polar surface area (TPSA) is 73.7 Å². The molecule has 8 heteroatoms. The van der Waals surface area contributed by atoms with E-state index in [0.717, 1.165) is 16.9 Å². The summed E-state index contributed by atoms with van der Waals surface area (Å²) in [5.41, 5.74) is 1.62. The van der Waals surface area contributed by atoms with E-state index in [1.807, 2.05) is 49.4 Å². The van der Waals surface area contributed by atoms with Crippen LogP contribution >= 0.6 is 12.2 Å². The number of hydrogen-bond donors (Lipinski definition) is 1. The Hall–Kier alpha value is -3.13. The lowest BCUT2D eigenvalue weighted by atomic mass is 10.2. The number of ether oxygens (including phenoxy) is 3. The molecule has 3 aromatic rings. The Bertz CT molecular complexity index is 993. The highest BCUT2D eigenvalue weighted by Crippen LogP contribution is 2.24. The van der Waals surface area contributed by atoms with Crippen LogP contribution in [0.1, 0.15) is 12.5 Å². The second-order valence-electron chi connectivity index (χ2n) is 5.47. The molecule has 1 aromatic heterocycles. The zero-order valence-corrected chi connectivity index (χ0v) is 16.1. The lowest BCUT2D eigenvalue weighted by Gasteiger charge is -2.07.